The highest BCUT2D eigenvalue weighted by Crippen LogP contribution is 1.95. The lowest BCUT2D eigenvalue weighted by molar-refractivity contribution is 0.245. The molecule has 2 heteroatoms. The van der Waals surface area contributed by atoms with Gasteiger partial charge >= 0.3 is 0 Å². The smallest absolute Gasteiger partial charge is 0.0107 e. The third-order valence-electron chi connectivity index (χ3n) is 2.15. The van der Waals surface area contributed by atoms with Crippen molar-refractivity contribution in [2.45, 2.75) is 12.8 Å². The average Bonchev–Trinajstić information content (AvgIpc) is 2.14. The molecule has 1 aliphatic heterocycles. The first kappa shape index (κ1) is 9.75. The fraction of sp³-hybridized carbons (Fsp3) is 0.700. The van der Waals surface area contributed by atoms with Crippen molar-refractivity contribution in [2.75, 3.05) is 32.7 Å². The number of nitrogens with one attached hydrogen (secondary N) is 1. The summed E-state index contributed by atoms with van der Waals surface area (Å²) in [7, 11) is 0. The maximum Gasteiger partial charge on any atom is 0.0107 e. The standard InChI is InChI=1S/C10H19N2/c1-2-3-4-5-8-12-9-6-11-7-10-12/h3-4,11H,1-2,5-10H2. The molecule has 0 atom stereocenters. The van der Waals surface area contributed by atoms with E-state index >= 15 is 0 Å². The third kappa shape index (κ3) is 3.88. The first-order chi connectivity index (χ1) is 5.93. The second kappa shape index (κ2) is 6.21. The Morgan fingerprint density at radius 1 is 1.25 bits per heavy atom. The number of piperazine rings is 1. The molecule has 1 aliphatic rings. The summed E-state index contributed by atoms with van der Waals surface area (Å²) in [6.45, 7) is 9.68. The summed E-state index contributed by atoms with van der Waals surface area (Å²) in [6.07, 6.45) is 6.47. The molecular formula is C10H19N2. The van der Waals surface area contributed by atoms with Crippen LogP contribution in [0, 0.1) is 6.92 Å². The van der Waals surface area contributed by atoms with Gasteiger partial charge in [-0.25, -0.2) is 0 Å². The summed E-state index contributed by atoms with van der Waals surface area (Å²) >= 11 is 0. The van der Waals surface area contributed by atoms with Gasteiger partial charge in [0.2, 0.25) is 0 Å². The molecule has 0 aromatic heterocycles. The Bertz CT molecular complexity index is 126. The van der Waals surface area contributed by atoms with Crippen molar-refractivity contribution < 1.29 is 0 Å². The van der Waals surface area contributed by atoms with Crippen LogP contribution in [0.5, 0.6) is 0 Å². The molecule has 1 heterocycles. The Labute approximate surface area is 75.6 Å². The van der Waals surface area contributed by atoms with E-state index in [1.165, 1.54) is 26.1 Å². The number of rotatable bonds is 4. The lowest BCUT2D eigenvalue weighted by Crippen LogP contribution is -2.43. The van der Waals surface area contributed by atoms with Gasteiger partial charge in [0.15, 0.2) is 0 Å². The molecule has 12 heavy (non-hydrogen) atoms. The van der Waals surface area contributed by atoms with E-state index in [0.29, 0.717) is 0 Å². The molecule has 0 aromatic rings. The Kier molecular flexibility index (Phi) is 5.04. The number of nitrogens with zero attached hydrogens (tertiary/aromatic N) is 1. The zero-order valence-corrected chi connectivity index (χ0v) is 7.76. The van der Waals surface area contributed by atoms with Crippen molar-refractivity contribution in [1.29, 1.82) is 0 Å². The minimum atomic E-state index is 0.918. The molecule has 0 spiro atoms. The van der Waals surface area contributed by atoms with Crippen molar-refractivity contribution in [1.82, 2.24) is 10.2 Å². The van der Waals surface area contributed by atoms with E-state index in [-0.39, 0.29) is 0 Å². The summed E-state index contributed by atoms with van der Waals surface area (Å²) in [5.41, 5.74) is 0. The second-order valence-corrected chi connectivity index (χ2v) is 3.14. The van der Waals surface area contributed by atoms with E-state index in [1.807, 2.05) is 0 Å². The minimum Gasteiger partial charge on any atom is -0.314 e. The fourth-order valence-corrected chi connectivity index (χ4v) is 1.43. The first-order valence-electron chi connectivity index (χ1n) is 4.81. The van der Waals surface area contributed by atoms with Crippen LogP contribution in [0.3, 0.4) is 0 Å². The predicted molar refractivity (Wildman–Crippen MR) is 53.0 cm³/mol. The summed E-state index contributed by atoms with van der Waals surface area (Å²) in [6, 6.07) is 0. The molecule has 0 saturated carbocycles. The number of hydrogen-bond donors (Lipinski definition) is 1. The molecule has 1 radical (unpaired) electrons. The molecule has 1 N–H and O–H groups in total. The molecule has 0 unspecified atom stereocenters. The molecule has 0 aliphatic carbocycles. The van der Waals surface area contributed by atoms with Gasteiger partial charge in [0.1, 0.15) is 0 Å². The van der Waals surface area contributed by atoms with Gasteiger partial charge in [-0.05, 0) is 19.8 Å². The highest BCUT2D eigenvalue weighted by atomic mass is 15.2. The Morgan fingerprint density at radius 2 is 2.00 bits per heavy atom. The molecule has 1 rings (SSSR count). The van der Waals surface area contributed by atoms with E-state index in [9.17, 15) is 0 Å². The monoisotopic (exact) mass is 167 g/mol. The van der Waals surface area contributed by atoms with E-state index in [4.69, 9.17) is 0 Å². The first-order valence-corrected chi connectivity index (χ1v) is 4.81. The summed E-state index contributed by atoms with van der Waals surface area (Å²) in [5.74, 6) is 0. The maximum atomic E-state index is 3.76. The molecule has 0 amide bonds. The summed E-state index contributed by atoms with van der Waals surface area (Å²) in [5, 5.41) is 3.35. The van der Waals surface area contributed by atoms with Crippen LogP contribution in [-0.2, 0) is 0 Å². The van der Waals surface area contributed by atoms with Crippen molar-refractivity contribution >= 4 is 0 Å². The van der Waals surface area contributed by atoms with E-state index in [2.05, 4.69) is 29.3 Å². The quantitative estimate of drug-likeness (QED) is 0.630. The van der Waals surface area contributed by atoms with Crippen molar-refractivity contribution in [3.05, 3.63) is 19.1 Å². The Morgan fingerprint density at radius 3 is 2.67 bits per heavy atom. The van der Waals surface area contributed by atoms with Crippen LogP contribution in [0.1, 0.15) is 12.8 Å². The lowest BCUT2D eigenvalue weighted by Gasteiger charge is -2.26. The molecule has 1 fully saturated rings. The van der Waals surface area contributed by atoms with Crippen molar-refractivity contribution in [2.24, 2.45) is 0 Å². The summed E-state index contributed by atoms with van der Waals surface area (Å²) in [4.78, 5) is 2.50. The van der Waals surface area contributed by atoms with Gasteiger partial charge in [-0.2, -0.15) is 0 Å². The Balaban J connectivity index is 2.01. The number of allylic oxidation sites excluding steroid dienone is 1. The lowest BCUT2D eigenvalue weighted by atomic mass is 10.3. The van der Waals surface area contributed by atoms with Crippen molar-refractivity contribution in [3.63, 3.8) is 0 Å². The van der Waals surface area contributed by atoms with Gasteiger partial charge in [-0.15, -0.1) is 0 Å². The second-order valence-electron chi connectivity index (χ2n) is 3.14. The number of hydrogen-bond acceptors (Lipinski definition) is 2. The fourth-order valence-electron chi connectivity index (χ4n) is 1.43. The molecule has 1 saturated heterocycles. The molecular weight excluding hydrogens is 148 g/mol. The van der Waals surface area contributed by atoms with Gasteiger partial charge in [-0.3, -0.25) is 0 Å². The molecule has 0 bridgehead atoms. The van der Waals surface area contributed by atoms with Crippen LogP contribution >= 0.6 is 0 Å². The minimum absolute atomic E-state index is 0.918. The summed E-state index contributed by atoms with van der Waals surface area (Å²) < 4.78 is 0. The third-order valence-corrected chi connectivity index (χ3v) is 2.15. The highest BCUT2D eigenvalue weighted by Gasteiger charge is 2.06. The van der Waals surface area contributed by atoms with Gasteiger partial charge in [0.25, 0.3) is 0 Å². The molecule has 0 aromatic carbocycles. The highest BCUT2D eigenvalue weighted by molar-refractivity contribution is 4.83. The predicted octanol–water partition coefficient (Wildman–Crippen LogP) is 1.06. The zero-order chi connectivity index (χ0) is 8.65. The van der Waals surface area contributed by atoms with Gasteiger partial charge < -0.3 is 10.2 Å². The van der Waals surface area contributed by atoms with E-state index < -0.39 is 0 Å². The molecule has 2 nitrogen and oxygen atoms in total. The van der Waals surface area contributed by atoms with Crippen LogP contribution in [-0.4, -0.2) is 37.6 Å². The zero-order valence-electron chi connectivity index (χ0n) is 7.76. The van der Waals surface area contributed by atoms with Gasteiger partial charge in [0.05, 0.1) is 0 Å². The van der Waals surface area contributed by atoms with Crippen LogP contribution in [0.15, 0.2) is 12.2 Å². The topological polar surface area (TPSA) is 15.3 Å². The normalized spacial score (nSPS) is 20.4. The van der Waals surface area contributed by atoms with Crippen LogP contribution in [0.4, 0.5) is 0 Å². The maximum absolute atomic E-state index is 3.76. The molecule has 69 valence electrons. The van der Waals surface area contributed by atoms with Gasteiger partial charge in [0, 0.05) is 32.7 Å². The van der Waals surface area contributed by atoms with Gasteiger partial charge in [-0.1, -0.05) is 12.2 Å². The van der Waals surface area contributed by atoms with E-state index in [1.54, 1.807) is 0 Å². The van der Waals surface area contributed by atoms with Crippen LogP contribution in [0.25, 0.3) is 0 Å². The Hall–Kier alpha value is -0.340. The van der Waals surface area contributed by atoms with Crippen LogP contribution < -0.4 is 5.32 Å². The van der Waals surface area contributed by atoms with E-state index in [0.717, 1.165) is 19.5 Å². The SMILES string of the molecule is [CH2]CC=CCCN1CCNCC1. The van der Waals surface area contributed by atoms with Crippen LogP contribution in [0.2, 0.25) is 0 Å². The van der Waals surface area contributed by atoms with Crippen molar-refractivity contribution in [3.8, 4) is 0 Å². The largest absolute Gasteiger partial charge is 0.314 e. The average molecular weight is 167 g/mol.